The van der Waals surface area contributed by atoms with Crippen LogP contribution in [0.4, 0.5) is 0 Å². The normalized spacial score (nSPS) is 26.6. The third-order valence-corrected chi connectivity index (χ3v) is 4.78. The smallest absolute Gasteiger partial charge is 0.254 e. The third-order valence-electron chi connectivity index (χ3n) is 4.78. The largest absolute Gasteiger partial charge is 0.369 e. The van der Waals surface area contributed by atoms with Crippen molar-refractivity contribution in [3.8, 4) is 0 Å². The lowest BCUT2D eigenvalue weighted by Gasteiger charge is -2.37. The van der Waals surface area contributed by atoms with Gasteiger partial charge in [-0.05, 0) is 45.4 Å². The fourth-order valence-corrected chi connectivity index (χ4v) is 3.49. The molecule has 18 heavy (non-hydrogen) atoms. The second-order valence-corrected chi connectivity index (χ2v) is 6.32. The number of carbonyl (C=O) groups is 1. The average molecular weight is 253 g/mol. The zero-order valence-electron chi connectivity index (χ0n) is 12.1. The van der Waals surface area contributed by atoms with Gasteiger partial charge in [0.1, 0.15) is 5.60 Å². The van der Waals surface area contributed by atoms with Crippen molar-refractivity contribution in [2.45, 2.75) is 70.4 Å². The second kappa shape index (κ2) is 5.60. The van der Waals surface area contributed by atoms with Gasteiger partial charge in [-0.15, -0.1) is 0 Å². The first kappa shape index (κ1) is 13.9. The molecule has 2 fully saturated rings. The van der Waals surface area contributed by atoms with Gasteiger partial charge in [-0.25, -0.2) is 0 Å². The van der Waals surface area contributed by atoms with Crippen molar-refractivity contribution in [2.75, 3.05) is 13.7 Å². The van der Waals surface area contributed by atoms with E-state index in [0.717, 1.165) is 18.9 Å². The van der Waals surface area contributed by atoms with E-state index in [1.54, 1.807) is 7.11 Å². The molecule has 0 bridgehead atoms. The number of methoxy groups -OCH3 is 1. The molecule has 2 aliphatic rings. The van der Waals surface area contributed by atoms with Crippen LogP contribution in [0.15, 0.2) is 0 Å². The van der Waals surface area contributed by atoms with Crippen LogP contribution in [0.25, 0.3) is 0 Å². The molecule has 3 heteroatoms. The maximum atomic E-state index is 12.6. The van der Waals surface area contributed by atoms with Gasteiger partial charge in [0.15, 0.2) is 0 Å². The van der Waals surface area contributed by atoms with E-state index in [2.05, 4.69) is 4.90 Å². The fourth-order valence-electron chi connectivity index (χ4n) is 3.49. The minimum absolute atomic E-state index is 0.179. The van der Waals surface area contributed by atoms with Crippen molar-refractivity contribution in [1.29, 1.82) is 0 Å². The summed E-state index contributed by atoms with van der Waals surface area (Å²) in [5.41, 5.74) is -0.669. The van der Waals surface area contributed by atoms with Crippen molar-refractivity contribution < 1.29 is 9.53 Å². The highest BCUT2D eigenvalue weighted by Crippen LogP contribution is 2.35. The minimum atomic E-state index is -0.669. The van der Waals surface area contributed by atoms with Crippen LogP contribution in [0, 0.1) is 5.92 Å². The summed E-state index contributed by atoms with van der Waals surface area (Å²) in [6, 6.07) is 0.479. The van der Waals surface area contributed by atoms with Crippen LogP contribution in [0.1, 0.15) is 58.8 Å². The maximum absolute atomic E-state index is 12.6. The SMILES string of the molecule is COC(C)(C)C(=O)N1CCCC1C1CCCCC1. The van der Waals surface area contributed by atoms with Crippen LogP contribution in [0.5, 0.6) is 0 Å². The highest BCUT2D eigenvalue weighted by Gasteiger charge is 2.40. The first-order valence-corrected chi connectivity index (χ1v) is 7.42. The number of nitrogens with zero attached hydrogens (tertiary/aromatic N) is 1. The Labute approximate surface area is 111 Å². The van der Waals surface area contributed by atoms with E-state index < -0.39 is 5.60 Å². The summed E-state index contributed by atoms with van der Waals surface area (Å²) in [6.07, 6.45) is 9.03. The monoisotopic (exact) mass is 253 g/mol. The molecule has 1 amide bonds. The Kier molecular flexibility index (Phi) is 4.31. The molecule has 0 aromatic heterocycles. The molecule has 1 atom stereocenters. The molecule has 1 saturated carbocycles. The van der Waals surface area contributed by atoms with E-state index in [1.807, 2.05) is 13.8 Å². The highest BCUT2D eigenvalue weighted by atomic mass is 16.5. The number of likely N-dealkylation sites (tertiary alicyclic amines) is 1. The van der Waals surface area contributed by atoms with Gasteiger partial charge >= 0.3 is 0 Å². The average Bonchev–Trinajstić information content (AvgIpc) is 2.87. The molecule has 1 saturated heterocycles. The predicted molar refractivity (Wildman–Crippen MR) is 72.4 cm³/mol. The quantitative estimate of drug-likeness (QED) is 0.774. The Bertz CT molecular complexity index is 295. The van der Waals surface area contributed by atoms with E-state index in [-0.39, 0.29) is 5.91 Å². The third kappa shape index (κ3) is 2.71. The Morgan fingerprint density at radius 2 is 1.78 bits per heavy atom. The lowest BCUT2D eigenvalue weighted by atomic mass is 9.82. The topological polar surface area (TPSA) is 29.5 Å². The summed E-state index contributed by atoms with van der Waals surface area (Å²) in [6.45, 7) is 4.68. The van der Waals surface area contributed by atoms with E-state index in [0.29, 0.717) is 6.04 Å². The summed E-state index contributed by atoms with van der Waals surface area (Å²) in [5, 5.41) is 0. The summed E-state index contributed by atoms with van der Waals surface area (Å²) in [5.74, 6) is 0.913. The molecular weight excluding hydrogens is 226 g/mol. The molecule has 1 aliphatic heterocycles. The molecule has 0 aromatic carbocycles. The molecule has 3 nitrogen and oxygen atoms in total. The first-order chi connectivity index (χ1) is 8.56. The lowest BCUT2D eigenvalue weighted by molar-refractivity contribution is -0.153. The highest BCUT2D eigenvalue weighted by molar-refractivity contribution is 5.85. The molecule has 0 spiro atoms. The second-order valence-electron chi connectivity index (χ2n) is 6.32. The first-order valence-electron chi connectivity index (χ1n) is 7.42. The Morgan fingerprint density at radius 1 is 1.11 bits per heavy atom. The van der Waals surface area contributed by atoms with Crippen molar-refractivity contribution in [3.63, 3.8) is 0 Å². The number of hydrogen-bond acceptors (Lipinski definition) is 2. The van der Waals surface area contributed by atoms with Crippen molar-refractivity contribution >= 4 is 5.91 Å². The van der Waals surface area contributed by atoms with E-state index in [4.69, 9.17) is 4.74 Å². The molecular formula is C15H27NO2. The van der Waals surface area contributed by atoms with Crippen LogP contribution in [0.3, 0.4) is 0 Å². The molecule has 0 aromatic rings. The fraction of sp³-hybridized carbons (Fsp3) is 0.933. The molecule has 104 valence electrons. The number of rotatable bonds is 3. The predicted octanol–water partition coefficient (Wildman–Crippen LogP) is 2.98. The number of carbonyl (C=O) groups excluding carboxylic acids is 1. The Hall–Kier alpha value is -0.570. The van der Waals surface area contributed by atoms with Crippen molar-refractivity contribution in [2.24, 2.45) is 5.92 Å². The molecule has 0 N–H and O–H groups in total. The number of ether oxygens (including phenoxy) is 1. The lowest BCUT2D eigenvalue weighted by Crippen LogP contribution is -2.50. The van der Waals surface area contributed by atoms with E-state index in [1.165, 1.54) is 38.5 Å². The van der Waals surface area contributed by atoms with Crippen LogP contribution >= 0.6 is 0 Å². The summed E-state index contributed by atoms with van der Waals surface area (Å²) >= 11 is 0. The van der Waals surface area contributed by atoms with Gasteiger partial charge in [0.25, 0.3) is 5.91 Å². The summed E-state index contributed by atoms with van der Waals surface area (Å²) < 4.78 is 5.36. The molecule has 1 heterocycles. The molecule has 0 radical (unpaired) electrons. The summed E-state index contributed by atoms with van der Waals surface area (Å²) in [4.78, 5) is 14.7. The van der Waals surface area contributed by atoms with Crippen LogP contribution in [-0.4, -0.2) is 36.1 Å². The van der Waals surface area contributed by atoms with E-state index in [9.17, 15) is 4.79 Å². The molecule has 2 rings (SSSR count). The van der Waals surface area contributed by atoms with Gasteiger partial charge in [-0.3, -0.25) is 4.79 Å². The van der Waals surface area contributed by atoms with Crippen LogP contribution in [0.2, 0.25) is 0 Å². The van der Waals surface area contributed by atoms with Gasteiger partial charge in [0.2, 0.25) is 0 Å². The molecule has 1 unspecified atom stereocenters. The van der Waals surface area contributed by atoms with Gasteiger partial charge in [0, 0.05) is 19.7 Å². The Balaban J connectivity index is 2.04. The van der Waals surface area contributed by atoms with Gasteiger partial charge in [-0.2, -0.15) is 0 Å². The van der Waals surface area contributed by atoms with Crippen LogP contribution in [-0.2, 0) is 9.53 Å². The molecule has 1 aliphatic carbocycles. The standard InChI is InChI=1S/C15H27NO2/c1-15(2,18-3)14(17)16-11-7-10-13(16)12-8-5-4-6-9-12/h12-13H,4-11H2,1-3H3. The maximum Gasteiger partial charge on any atom is 0.254 e. The van der Waals surface area contributed by atoms with Gasteiger partial charge in [-0.1, -0.05) is 19.3 Å². The minimum Gasteiger partial charge on any atom is -0.369 e. The Morgan fingerprint density at radius 3 is 2.39 bits per heavy atom. The van der Waals surface area contributed by atoms with Crippen molar-refractivity contribution in [1.82, 2.24) is 4.90 Å². The summed E-state index contributed by atoms with van der Waals surface area (Å²) in [7, 11) is 1.63. The number of hydrogen-bond donors (Lipinski definition) is 0. The zero-order valence-corrected chi connectivity index (χ0v) is 12.1. The van der Waals surface area contributed by atoms with Gasteiger partial charge < -0.3 is 9.64 Å². The van der Waals surface area contributed by atoms with Gasteiger partial charge in [0.05, 0.1) is 0 Å². The van der Waals surface area contributed by atoms with E-state index >= 15 is 0 Å². The number of amides is 1. The van der Waals surface area contributed by atoms with Crippen molar-refractivity contribution in [3.05, 3.63) is 0 Å². The zero-order chi connectivity index (χ0) is 13.2. The van der Waals surface area contributed by atoms with Crippen LogP contribution < -0.4 is 0 Å².